The van der Waals surface area contributed by atoms with Gasteiger partial charge in [-0.25, -0.2) is 22.3 Å². The quantitative estimate of drug-likeness (QED) is 0.585. The van der Waals surface area contributed by atoms with Crippen LogP contribution in [0, 0.1) is 17.6 Å². The van der Waals surface area contributed by atoms with E-state index in [1.54, 1.807) is 12.1 Å². The molecule has 2 aromatic carbocycles. The van der Waals surface area contributed by atoms with Crippen molar-refractivity contribution in [3.8, 4) is 0 Å². The molecular weight excluding hydrogens is 432 g/mol. The first-order valence-corrected chi connectivity index (χ1v) is 11.6. The molecule has 4 N–H and O–H groups in total. The maximum absolute atomic E-state index is 14.3. The first kappa shape index (κ1) is 22.7. The molecule has 1 aliphatic carbocycles. The van der Waals surface area contributed by atoms with Crippen LogP contribution in [0.1, 0.15) is 25.3 Å². The third-order valence-corrected chi connectivity index (χ3v) is 6.45. The van der Waals surface area contributed by atoms with E-state index in [4.69, 9.17) is 16.7 Å². The highest BCUT2D eigenvalue weighted by Gasteiger charge is 2.28. The molecule has 2 atom stereocenters. The molecule has 0 saturated heterocycles. The largest absolute Gasteiger partial charge is 0.383 e. The Hall–Kier alpha value is -2.00. The van der Waals surface area contributed by atoms with Crippen LogP contribution in [0.3, 0.4) is 0 Å². The maximum Gasteiger partial charge on any atom is 0.241 e. The summed E-state index contributed by atoms with van der Waals surface area (Å²) in [4.78, 5) is -0.645. The Morgan fingerprint density at radius 2 is 1.90 bits per heavy atom. The predicted molar refractivity (Wildman–Crippen MR) is 116 cm³/mol. The topological polar surface area (TPSA) is 84.2 Å². The summed E-state index contributed by atoms with van der Waals surface area (Å²) in [7, 11) is -4.21. The van der Waals surface area contributed by atoms with Gasteiger partial charge in [-0.3, -0.25) is 0 Å². The van der Waals surface area contributed by atoms with Crippen LogP contribution in [-0.2, 0) is 10.0 Å². The van der Waals surface area contributed by atoms with Gasteiger partial charge < -0.3 is 10.6 Å². The van der Waals surface area contributed by atoms with Gasteiger partial charge in [0.2, 0.25) is 10.0 Å². The minimum atomic E-state index is -4.21. The molecule has 9 heteroatoms. The third-order valence-electron chi connectivity index (χ3n) is 5.21. The molecule has 0 heterocycles. The molecule has 3 rings (SSSR count). The van der Waals surface area contributed by atoms with Gasteiger partial charge in [-0.1, -0.05) is 36.7 Å². The molecule has 0 aromatic heterocycles. The molecule has 5 nitrogen and oxygen atoms in total. The van der Waals surface area contributed by atoms with Gasteiger partial charge in [0.05, 0.1) is 10.7 Å². The fraction of sp³-hybridized carbons (Fsp3) is 0.333. The van der Waals surface area contributed by atoms with Gasteiger partial charge in [0.15, 0.2) is 0 Å². The fourth-order valence-corrected chi connectivity index (χ4v) is 4.73. The van der Waals surface area contributed by atoms with E-state index in [-0.39, 0.29) is 28.5 Å². The average Bonchev–Trinajstić information content (AvgIpc) is 2.69. The number of benzene rings is 2. The zero-order valence-corrected chi connectivity index (χ0v) is 18.0. The second kappa shape index (κ2) is 9.43. The van der Waals surface area contributed by atoms with Gasteiger partial charge in [0.1, 0.15) is 16.5 Å². The summed E-state index contributed by atoms with van der Waals surface area (Å²) in [6.45, 7) is 3.24. The summed E-state index contributed by atoms with van der Waals surface area (Å²) in [5.41, 5.74) is 2.27. The Labute approximate surface area is 180 Å². The summed E-state index contributed by atoms with van der Waals surface area (Å²) in [5, 5.41) is 11.7. The molecule has 2 aromatic rings. The first-order chi connectivity index (χ1) is 14.2. The number of nitrogens with two attached hydrogens (primary N) is 1. The highest BCUT2D eigenvalue weighted by molar-refractivity contribution is 7.89. The average molecular weight is 456 g/mol. The highest BCUT2D eigenvalue weighted by atomic mass is 35.5. The van der Waals surface area contributed by atoms with Crippen LogP contribution in [0.2, 0.25) is 5.02 Å². The van der Waals surface area contributed by atoms with Crippen molar-refractivity contribution in [2.75, 3.05) is 18.4 Å². The second-order valence-electron chi connectivity index (χ2n) is 7.20. The Balaban J connectivity index is 1.87. The molecule has 0 aliphatic heterocycles. The van der Waals surface area contributed by atoms with E-state index >= 15 is 0 Å². The van der Waals surface area contributed by atoms with Crippen molar-refractivity contribution in [1.29, 1.82) is 0 Å². The van der Waals surface area contributed by atoms with Gasteiger partial charge in [-0.2, -0.15) is 0 Å². The molecule has 0 fully saturated rings. The van der Waals surface area contributed by atoms with Gasteiger partial charge in [-0.15, -0.1) is 0 Å². The lowest BCUT2D eigenvalue weighted by atomic mass is 9.79. The lowest BCUT2D eigenvalue weighted by molar-refractivity contribution is 0.403. The Morgan fingerprint density at radius 3 is 2.53 bits per heavy atom. The Bertz CT molecular complexity index is 1040. The monoisotopic (exact) mass is 455 g/mol. The highest BCUT2D eigenvalue weighted by Crippen LogP contribution is 2.34. The zero-order valence-electron chi connectivity index (χ0n) is 16.5. The van der Waals surface area contributed by atoms with Gasteiger partial charge in [-0.05, 0) is 54.8 Å². The lowest BCUT2D eigenvalue weighted by Gasteiger charge is -2.34. The van der Waals surface area contributed by atoms with Crippen LogP contribution in [0.15, 0.2) is 47.4 Å². The van der Waals surface area contributed by atoms with Crippen molar-refractivity contribution in [2.24, 2.45) is 11.1 Å². The molecule has 0 radical (unpaired) electrons. The van der Waals surface area contributed by atoms with Gasteiger partial charge >= 0.3 is 0 Å². The number of rotatable bonds is 7. The smallest absolute Gasteiger partial charge is 0.241 e. The molecule has 162 valence electrons. The number of hydrogen-bond donors (Lipinski definition) is 3. The third kappa shape index (κ3) is 5.18. The van der Waals surface area contributed by atoms with E-state index in [0.29, 0.717) is 6.54 Å². The summed E-state index contributed by atoms with van der Waals surface area (Å²) in [6.07, 6.45) is 3.95. The standard InChI is InChI=1S/C21H24ClF2N3O2S/c1-2-26-19-5-3-4-15(13-6-8-14(23)9-7-13)16(19)12-27-20-11-18(24)21(10-17(20)22)30(25,28)29/h4,6-11,16,19,26-27H,2-3,5,12H2,1H3,(H2,25,28,29)/t16-,19-/m1/s1. The molecule has 0 saturated carbocycles. The summed E-state index contributed by atoms with van der Waals surface area (Å²) < 4.78 is 50.6. The van der Waals surface area contributed by atoms with E-state index in [1.807, 2.05) is 6.92 Å². The molecule has 0 spiro atoms. The number of primary sulfonamides is 1. The fourth-order valence-electron chi connectivity index (χ4n) is 3.82. The first-order valence-electron chi connectivity index (χ1n) is 9.65. The number of nitrogens with one attached hydrogen (secondary N) is 2. The van der Waals surface area contributed by atoms with E-state index in [0.717, 1.165) is 42.7 Å². The summed E-state index contributed by atoms with van der Waals surface area (Å²) in [6, 6.07) is 8.56. The second-order valence-corrected chi connectivity index (χ2v) is 9.14. The SMILES string of the molecule is CCN[C@@H]1CCC=C(c2ccc(F)cc2)[C@H]1CNc1cc(F)c(S(N)(=O)=O)cc1Cl. The molecule has 0 bridgehead atoms. The van der Waals surface area contributed by atoms with Crippen LogP contribution < -0.4 is 15.8 Å². The summed E-state index contributed by atoms with van der Waals surface area (Å²) >= 11 is 6.17. The van der Waals surface area contributed by atoms with Crippen molar-refractivity contribution < 1.29 is 17.2 Å². The van der Waals surface area contributed by atoms with Crippen LogP contribution >= 0.6 is 11.6 Å². The molecule has 0 unspecified atom stereocenters. The number of allylic oxidation sites excluding steroid dienone is 1. The van der Waals surface area contributed by atoms with Crippen LogP contribution in [0.25, 0.3) is 5.57 Å². The molecule has 30 heavy (non-hydrogen) atoms. The lowest BCUT2D eigenvalue weighted by Crippen LogP contribution is -2.41. The predicted octanol–water partition coefficient (Wildman–Crippen LogP) is 4.15. The molecular formula is C21H24ClF2N3O2S. The number of sulfonamides is 1. The summed E-state index contributed by atoms with van der Waals surface area (Å²) in [5.74, 6) is -1.25. The maximum atomic E-state index is 14.3. The number of halogens is 3. The number of anilines is 1. The van der Waals surface area contributed by atoms with Crippen molar-refractivity contribution in [3.63, 3.8) is 0 Å². The van der Waals surface area contributed by atoms with Crippen LogP contribution in [0.4, 0.5) is 14.5 Å². The van der Waals surface area contributed by atoms with E-state index in [1.165, 1.54) is 12.1 Å². The van der Waals surface area contributed by atoms with E-state index in [9.17, 15) is 17.2 Å². The van der Waals surface area contributed by atoms with Crippen LogP contribution in [-0.4, -0.2) is 27.5 Å². The minimum Gasteiger partial charge on any atom is -0.383 e. The van der Waals surface area contributed by atoms with E-state index in [2.05, 4.69) is 16.7 Å². The normalized spacial score (nSPS) is 19.4. The van der Waals surface area contributed by atoms with Crippen molar-refractivity contribution in [1.82, 2.24) is 5.32 Å². The van der Waals surface area contributed by atoms with Gasteiger partial charge in [0, 0.05) is 18.5 Å². The minimum absolute atomic E-state index is 0.0150. The Kier molecular flexibility index (Phi) is 7.13. The van der Waals surface area contributed by atoms with Crippen LogP contribution in [0.5, 0.6) is 0 Å². The Morgan fingerprint density at radius 1 is 1.20 bits per heavy atom. The number of hydrogen-bond acceptors (Lipinski definition) is 4. The molecule has 0 amide bonds. The van der Waals surface area contributed by atoms with E-state index < -0.39 is 20.7 Å². The molecule has 1 aliphatic rings. The van der Waals surface area contributed by atoms with Crippen molar-refractivity contribution in [2.45, 2.75) is 30.7 Å². The van der Waals surface area contributed by atoms with Crippen molar-refractivity contribution >= 4 is 32.9 Å². The van der Waals surface area contributed by atoms with Gasteiger partial charge in [0.25, 0.3) is 0 Å². The zero-order chi connectivity index (χ0) is 21.9. The van der Waals surface area contributed by atoms with Crippen molar-refractivity contribution in [3.05, 3.63) is 64.7 Å².